The first-order valence-corrected chi connectivity index (χ1v) is 7.49. The van der Waals surface area contributed by atoms with Crippen LogP contribution in [0.4, 0.5) is 5.69 Å². The summed E-state index contributed by atoms with van der Waals surface area (Å²) in [4.78, 5) is 26.2. The van der Waals surface area contributed by atoms with Crippen LogP contribution in [0.2, 0.25) is 0 Å². The van der Waals surface area contributed by atoms with Gasteiger partial charge in [0.1, 0.15) is 5.75 Å². The molecule has 0 radical (unpaired) electrons. The number of ether oxygens (including phenoxy) is 2. The number of hydrogen-bond donors (Lipinski definition) is 0. The first-order chi connectivity index (χ1) is 11.2. The van der Waals surface area contributed by atoms with Crippen molar-refractivity contribution in [3.05, 3.63) is 60.7 Å². The number of nitrogens with zero attached hydrogens (tertiary/aromatic N) is 1. The molecule has 5 nitrogen and oxygen atoms in total. The Bertz CT molecular complexity index is 687. The normalized spacial score (nSPS) is 19.9. The Kier molecular flexibility index (Phi) is 4.28. The van der Waals surface area contributed by atoms with Gasteiger partial charge in [0, 0.05) is 5.69 Å². The fourth-order valence-corrected chi connectivity index (χ4v) is 2.56. The van der Waals surface area contributed by atoms with Crippen LogP contribution in [0.5, 0.6) is 5.75 Å². The van der Waals surface area contributed by atoms with E-state index in [0.717, 1.165) is 0 Å². The molecule has 1 saturated heterocycles. The Hall–Kier alpha value is -2.82. The highest BCUT2D eigenvalue weighted by Gasteiger charge is 2.55. The van der Waals surface area contributed by atoms with Crippen LogP contribution in [0, 0.1) is 0 Å². The van der Waals surface area contributed by atoms with Crippen LogP contribution < -0.4 is 9.64 Å². The molecular formula is C18H17NO4. The summed E-state index contributed by atoms with van der Waals surface area (Å²) in [5, 5.41) is 0. The van der Waals surface area contributed by atoms with E-state index < -0.39 is 18.1 Å². The summed E-state index contributed by atoms with van der Waals surface area (Å²) >= 11 is 0. The van der Waals surface area contributed by atoms with Crippen molar-refractivity contribution in [2.24, 2.45) is 0 Å². The molecule has 0 unspecified atom stereocenters. The van der Waals surface area contributed by atoms with E-state index >= 15 is 0 Å². The minimum Gasteiger partial charge on any atom is -0.478 e. The molecule has 1 heterocycles. The molecule has 1 aliphatic heterocycles. The average Bonchev–Trinajstić information content (AvgIpc) is 2.59. The standard InChI is InChI=1S/C18H17NO4/c1-2-22-18(21)15-16(23-14-11-7-4-8-12-14)17(20)19(15)13-9-5-3-6-10-13/h3-12,15-16H,2H2,1H3/t15-,16+/m0/s1. The predicted octanol–water partition coefficient (Wildman–Crippen LogP) is 2.41. The van der Waals surface area contributed by atoms with Crippen molar-refractivity contribution in [3.8, 4) is 5.75 Å². The van der Waals surface area contributed by atoms with Crippen LogP contribution in [0.15, 0.2) is 60.7 Å². The Morgan fingerprint density at radius 2 is 1.65 bits per heavy atom. The van der Waals surface area contributed by atoms with Crippen molar-refractivity contribution in [1.82, 2.24) is 0 Å². The highest BCUT2D eigenvalue weighted by atomic mass is 16.5. The summed E-state index contributed by atoms with van der Waals surface area (Å²) in [6.45, 7) is 1.99. The molecule has 1 amide bonds. The molecule has 0 N–H and O–H groups in total. The maximum atomic E-state index is 12.5. The van der Waals surface area contributed by atoms with Gasteiger partial charge in [-0.15, -0.1) is 0 Å². The van der Waals surface area contributed by atoms with Crippen molar-refractivity contribution in [2.45, 2.75) is 19.1 Å². The van der Waals surface area contributed by atoms with Crippen LogP contribution in [0.3, 0.4) is 0 Å². The van der Waals surface area contributed by atoms with Crippen molar-refractivity contribution in [1.29, 1.82) is 0 Å². The molecule has 5 heteroatoms. The van der Waals surface area contributed by atoms with E-state index in [1.807, 2.05) is 36.4 Å². The molecule has 0 aliphatic carbocycles. The summed E-state index contributed by atoms with van der Waals surface area (Å²) in [6.07, 6.45) is -0.864. The van der Waals surface area contributed by atoms with E-state index in [1.165, 1.54) is 4.90 Å². The van der Waals surface area contributed by atoms with Crippen molar-refractivity contribution < 1.29 is 19.1 Å². The van der Waals surface area contributed by atoms with Gasteiger partial charge in [0.05, 0.1) is 6.61 Å². The lowest BCUT2D eigenvalue weighted by Crippen LogP contribution is -2.70. The van der Waals surface area contributed by atoms with Gasteiger partial charge in [-0.3, -0.25) is 9.69 Å². The van der Waals surface area contributed by atoms with Crippen LogP contribution in [0.1, 0.15) is 6.92 Å². The molecule has 3 rings (SSSR count). The number of β-lactam (4-membered cyclic amide) rings is 1. The lowest BCUT2D eigenvalue weighted by atomic mass is 9.96. The zero-order chi connectivity index (χ0) is 16.2. The number of para-hydroxylation sites is 2. The minimum atomic E-state index is -0.864. The Morgan fingerprint density at radius 1 is 1.04 bits per heavy atom. The molecule has 1 fully saturated rings. The molecule has 0 bridgehead atoms. The van der Waals surface area contributed by atoms with E-state index in [1.54, 1.807) is 31.2 Å². The summed E-state index contributed by atoms with van der Waals surface area (Å²) in [5.74, 6) is -0.164. The quantitative estimate of drug-likeness (QED) is 0.628. The van der Waals surface area contributed by atoms with Gasteiger partial charge in [0.2, 0.25) is 6.10 Å². The molecular weight excluding hydrogens is 294 g/mol. The summed E-state index contributed by atoms with van der Waals surface area (Å²) < 4.78 is 10.8. The SMILES string of the molecule is CCOC(=O)[C@@H]1[C@@H](Oc2ccccc2)C(=O)N1c1ccccc1. The number of rotatable bonds is 5. The largest absolute Gasteiger partial charge is 0.478 e. The number of hydrogen-bond acceptors (Lipinski definition) is 4. The lowest BCUT2D eigenvalue weighted by Gasteiger charge is -2.44. The molecule has 2 aromatic rings. The molecule has 2 atom stereocenters. The first kappa shape index (κ1) is 15.1. The maximum absolute atomic E-state index is 12.5. The van der Waals surface area contributed by atoms with Gasteiger partial charge < -0.3 is 9.47 Å². The maximum Gasteiger partial charge on any atom is 0.333 e. The number of carbonyl (C=O) groups excluding carboxylic acids is 2. The Labute approximate surface area is 134 Å². The lowest BCUT2D eigenvalue weighted by molar-refractivity contribution is -0.156. The van der Waals surface area contributed by atoms with Gasteiger partial charge in [0.15, 0.2) is 6.04 Å². The average molecular weight is 311 g/mol. The van der Waals surface area contributed by atoms with Crippen molar-refractivity contribution in [3.63, 3.8) is 0 Å². The molecule has 0 saturated carbocycles. The molecule has 118 valence electrons. The number of esters is 1. The van der Waals surface area contributed by atoms with Gasteiger partial charge >= 0.3 is 5.97 Å². The number of anilines is 1. The van der Waals surface area contributed by atoms with Crippen molar-refractivity contribution in [2.75, 3.05) is 11.5 Å². The summed E-state index contributed by atoms with van der Waals surface area (Å²) in [5.41, 5.74) is 0.656. The third-order valence-electron chi connectivity index (χ3n) is 3.61. The molecule has 0 aromatic heterocycles. The second-order valence-electron chi connectivity index (χ2n) is 5.09. The van der Waals surface area contributed by atoms with E-state index in [4.69, 9.17) is 9.47 Å². The number of carbonyl (C=O) groups is 2. The molecule has 2 aromatic carbocycles. The minimum absolute atomic E-state index is 0.252. The van der Waals surface area contributed by atoms with Crippen molar-refractivity contribution >= 4 is 17.6 Å². The van der Waals surface area contributed by atoms with Crippen LogP contribution in [-0.4, -0.2) is 30.6 Å². The summed E-state index contributed by atoms with van der Waals surface area (Å²) in [6, 6.07) is 17.3. The molecule has 0 spiro atoms. The van der Waals surface area contributed by atoms with Gasteiger partial charge in [-0.2, -0.15) is 0 Å². The topological polar surface area (TPSA) is 55.8 Å². The monoisotopic (exact) mass is 311 g/mol. The third-order valence-corrected chi connectivity index (χ3v) is 3.61. The zero-order valence-electron chi connectivity index (χ0n) is 12.7. The second kappa shape index (κ2) is 6.52. The third kappa shape index (κ3) is 2.90. The molecule has 23 heavy (non-hydrogen) atoms. The van der Waals surface area contributed by atoms with E-state index in [9.17, 15) is 9.59 Å². The first-order valence-electron chi connectivity index (χ1n) is 7.49. The number of amides is 1. The van der Waals surface area contributed by atoms with Gasteiger partial charge in [-0.1, -0.05) is 36.4 Å². The van der Waals surface area contributed by atoms with E-state index in [-0.39, 0.29) is 12.5 Å². The van der Waals surface area contributed by atoms with E-state index in [2.05, 4.69) is 0 Å². The van der Waals surface area contributed by atoms with Crippen LogP contribution >= 0.6 is 0 Å². The predicted molar refractivity (Wildman–Crippen MR) is 85.2 cm³/mol. The van der Waals surface area contributed by atoms with Gasteiger partial charge in [-0.05, 0) is 31.2 Å². The Balaban J connectivity index is 1.85. The second-order valence-corrected chi connectivity index (χ2v) is 5.09. The van der Waals surface area contributed by atoms with Gasteiger partial charge in [-0.25, -0.2) is 4.79 Å². The Morgan fingerprint density at radius 3 is 2.26 bits per heavy atom. The molecule has 1 aliphatic rings. The van der Waals surface area contributed by atoms with Crippen LogP contribution in [-0.2, 0) is 14.3 Å². The highest BCUT2D eigenvalue weighted by Crippen LogP contribution is 2.31. The zero-order valence-corrected chi connectivity index (χ0v) is 12.7. The summed E-state index contributed by atoms with van der Waals surface area (Å²) in [7, 11) is 0. The fourth-order valence-electron chi connectivity index (χ4n) is 2.56. The highest BCUT2D eigenvalue weighted by molar-refractivity contribution is 6.12. The number of benzene rings is 2. The smallest absolute Gasteiger partial charge is 0.333 e. The fraction of sp³-hybridized carbons (Fsp3) is 0.222. The van der Waals surface area contributed by atoms with Gasteiger partial charge in [0.25, 0.3) is 5.91 Å². The van der Waals surface area contributed by atoms with Crippen LogP contribution in [0.25, 0.3) is 0 Å². The van der Waals surface area contributed by atoms with E-state index in [0.29, 0.717) is 11.4 Å².